The van der Waals surface area contributed by atoms with Gasteiger partial charge in [0.15, 0.2) is 11.5 Å². The minimum absolute atomic E-state index is 0.0365. The molecule has 0 radical (unpaired) electrons. The van der Waals surface area contributed by atoms with Crippen molar-refractivity contribution in [1.29, 1.82) is 0 Å². The van der Waals surface area contributed by atoms with E-state index in [-0.39, 0.29) is 18.9 Å². The minimum atomic E-state index is -0.830. The molecule has 0 saturated carbocycles. The highest BCUT2D eigenvalue weighted by molar-refractivity contribution is 5.78. The van der Waals surface area contributed by atoms with Gasteiger partial charge < -0.3 is 24.6 Å². The number of amides is 1. The number of hydrogen-bond acceptors (Lipinski definition) is 6. The van der Waals surface area contributed by atoms with Gasteiger partial charge in [0.25, 0.3) is 0 Å². The van der Waals surface area contributed by atoms with Crippen LogP contribution in [-0.4, -0.2) is 55.8 Å². The third kappa shape index (κ3) is 7.38. The Balaban J connectivity index is 1.92. The van der Waals surface area contributed by atoms with Crippen LogP contribution in [-0.2, 0) is 29.1 Å². The number of aryl methyl sites for hydroxylation is 1. The Morgan fingerprint density at radius 1 is 1.12 bits per heavy atom. The number of aliphatic carboxylic acids is 1. The monoisotopic (exact) mass is 470 g/mol. The quantitative estimate of drug-likeness (QED) is 0.640. The van der Waals surface area contributed by atoms with Gasteiger partial charge in [0.05, 0.1) is 27.4 Å². The molecule has 2 aromatic carbocycles. The fourth-order valence-electron chi connectivity index (χ4n) is 4.10. The van der Waals surface area contributed by atoms with E-state index in [4.69, 9.17) is 19.3 Å². The first kappa shape index (κ1) is 25.4. The fourth-order valence-corrected chi connectivity index (χ4v) is 4.10. The molecule has 184 valence electrons. The second kappa shape index (κ2) is 12.8. The molecular weight excluding hydrogens is 436 g/mol. The molecule has 2 N–H and O–H groups in total. The van der Waals surface area contributed by atoms with E-state index in [2.05, 4.69) is 5.32 Å². The Morgan fingerprint density at radius 2 is 1.97 bits per heavy atom. The molecule has 1 aliphatic heterocycles. The molecule has 0 bridgehead atoms. The van der Waals surface area contributed by atoms with E-state index in [0.29, 0.717) is 44.2 Å². The zero-order valence-corrected chi connectivity index (χ0v) is 20.0. The smallest absolute Gasteiger partial charge is 0.303 e. The van der Waals surface area contributed by atoms with E-state index in [1.807, 2.05) is 41.3 Å². The van der Waals surface area contributed by atoms with Crippen molar-refractivity contribution in [3.63, 3.8) is 0 Å². The maximum Gasteiger partial charge on any atom is 0.303 e. The highest BCUT2D eigenvalue weighted by atomic mass is 16.5. The topological polar surface area (TPSA) is 97.3 Å². The largest absolute Gasteiger partial charge is 0.493 e. The number of ether oxygens (including phenoxy) is 3. The number of carbonyl (C=O) groups is 2. The van der Waals surface area contributed by atoms with Crippen molar-refractivity contribution in [2.75, 3.05) is 33.9 Å². The fraction of sp³-hybridized carbons (Fsp3) is 0.462. The van der Waals surface area contributed by atoms with E-state index in [1.165, 1.54) is 0 Å². The van der Waals surface area contributed by atoms with Gasteiger partial charge >= 0.3 is 5.97 Å². The first-order chi connectivity index (χ1) is 16.5. The molecule has 0 saturated heterocycles. The van der Waals surface area contributed by atoms with Crippen molar-refractivity contribution in [3.05, 3.63) is 53.1 Å². The first-order valence-corrected chi connectivity index (χ1v) is 11.7. The number of nitrogens with one attached hydrogen (secondary N) is 1. The molecule has 0 fully saturated rings. The zero-order chi connectivity index (χ0) is 24.3. The second-order valence-corrected chi connectivity index (χ2v) is 8.39. The van der Waals surface area contributed by atoms with Gasteiger partial charge in [-0.1, -0.05) is 24.3 Å². The van der Waals surface area contributed by atoms with Crippen LogP contribution in [0.25, 0.3) is 0 Å². The minimum Gasteiger partial charge on any atom is -0.493 e. The summed E-state index contributed by atoms with van der Waals surface area (Å²) in [7, 11) is 3.20. The van der Waals surface area contributed by atoms with Crippen LogP contribution in [0.3, 0.4) is 0 Å². The molecule has 1 aliphatic rings. The lowest BCUT2D eigenvalue weighted by atomic mass is 10.0. The van der Waals surface area contributed by atoms with E-state index in [1.54, 1.807) is 14.2 Å². The van der Waals surface area contributed by atoms with Crippen LogP contribution < -0.4 is 19.5 Å². The average molecular weight is 471 g/mol. The number of carboxylic acids is 1. The van der Waals surface area contributed by atoms with Crippen LogP contribution in [0.4, 0.5) is 0 Å². The number of rotatable bonds is 7. The molecule has 0 atom stereocenters. The summed E-state index contributed by atoms with van der Waals surface area (Å²) in [4.78, 5) is 25.8. The van der Waals surface area contributed by atoms with Gasteiger partial charge in [-0.2, -0.15) is 0 Å². The van der Waals surface area contributed by atoms with E-state index in [0.717, 1.165) is 41.7 Å². The Hall–Kier alpha value is -3.26. The number of para-hydroxylation sites is 1. The highest BCUT2D eigenvalue weighted by Crippen LogP contribution is 2.32. The number of hydrogen-bond donors (Lipinski definition) is 2. The first-order valence-electron chi connectivity index (χ1n) is 11.7. The summed E-state index contributed by atoms with van der Waals surface area (Å²) < 4.78 is 17.1. The predicted molar refractivity (Wildman–Crippen MR) is 128 cm³/mol. The van der Waals surface area contributed by atoms with Gasteiger partial charge in [-0.25, -0.2) is 0 Å². The summed E-state index contributed by atoms with van der Waals surface area (Å²) in [5.41, 5.74) is 2.76. The number of nitrogens with zero attached hydrogens (tertiary/aromatic N) is 1. The maximum atomic E-state index is 12.7. The lowest BCUT2D eigenvalue weighted by Crippen LogP contribution is -2.37. The SMILES string of the molecule is COc1cccc(CN2CC(=O)NCCCCCOc3ccc(CCC(=O)O)cc3C2)c1OC. The van der Waals surface area contributed by atoms with Crippen molar-refractivity contribution < 1.29 is 28.9 Å². The number of methoxy groups -OCH3 is 2. The van der Waals surface area contributed by atoms with Crippen molar-refractivity contribution in [2.24, 2.45) is 0 Å². The molecule has 1 heterocycles. The molecule has 34 heavy (non-hydrogen) atoms. The normalized spacial score (nSPS) is 15.5. The maximum absolute atomic E-state index is 12.7. The Labute approximate surface area is 200 Å². The van der Waals surface area contributed by atoms with Crippen molar-refractivity contribution in [3.8, 4) is 17.2 Å². The standard InChI is InChI=1S/C26H34N2O6/c1-32-23-8-6-7-20(26(23)33-2)16-28-17-21-15-19(10-12-25(30)31)9-11-22(21)34-14-5-3-4-13-27-24(29)18-28/h6-9,11,15H,3-5,10,12-14,16-18H2,1-2H3,(H,27,29)(H,30,31). The van der Waals surface area contributed by atoms with Crippen molar-refractivity contribution >= 4 is 11.9 Å². The Kier molecular flexibility index (Phi) is 9.58. The zero-order valence-electron chi connectivity index (χ0n) is 20.0. The Bertz CT molecular complexity index is 978. The van der Waals surface area contributed by atoms with Gasteiger partial charge in [0.1, 0.15) is 5.75 Å². The van der Waals surface area contributed by atoms with Gasteiger partial charge in [0.2, 0.25) is 5.91 Å². The average Bonchev–Trinajstić information content (AvgIpc) is 2.83. The van der Waals surface area contributed by atoms with Crippen molar-refractivity contribution in [1.82, 2.24) is 10.2 Å². The summed E-state index contributed by atoms with van der Waals surface area (Å²) in [6.45, 7) is 2.37. The van der Waals surface area contributed by atoms with Crippen LogP contribution in [0.15, 0.2) is 36.4 Å². The molecule has 0 unspecified atom stereocenters. The van der Waals surface area contributed by atoms with E-state index >= 15 is 0 Å². The van der Waals surface area contributed by atoms with Crippen LogP contribution in [0.1, 0.15) is 42.4 Å². The molecule has 0 aliphatic carbocycles. The molecular formula is C26H34N2O6. The lowest BCUT2D eigenvalue weighted by Gasteiger charge is -2.25. The third-order valence-electron chi connectivity index (χ3n) is 5.79. The summed E-state index contributed by atoms with van der Waals surface area (Å²) in [5, 5.41) is 12.1. The third-order valence-corrected chi connectivity index (χ3v) is 5.79. The molecule has 8 heteroatoms. The van der Waals surface area contributed by atoms with E-state index in [9.17, 15) is 9.59 Å². The molecule has 3 rings (SSSR count). The highest BCUT2D eigenvalue weighted by Gasteiger charge is 2.19. The van der Waals surface area contributed by atoms with Gasteiger partial charge in [-0.15, -0.1) is 0 Å². The molecule has 1 amide bonds. The lowest BCUT2D eigenvalue weighted by molar-refractivity contribution is -0.137. The van der Waals surface area contributed by atoms with Crippen LogP contribution >= 0.6 is 0 Å². The Morgan fingerprint density at radius 3 is 2.74 bits per heavy atom. The molecule has 8 nitrogen and oxygen atoms in total. The number of carboxylic acid groups (broad SMARTS) is 1. The van der Waals surface area contributed by atoms with Crippen LogP contribution in [0.2, 0.25) is 0 Å². The van der Waals surface area contributed by atoms with Crippen molar-refractivity contribution in [2.45, 2.75) is 45.2 Å². The molecule has 0 spiro atoms. The van der Waals surface area contributed by atoms with E-state index < -0.39 is 5.97 Å². The van der Waals surface area contributed by atoms with Crippen LogP contribution in [0, 0.1) is 0 Å². The second-order valence-electron chi connectivity index (χ2n) is 8.39. The predicted octanol–water partition coefficient (Wildman–Crippen LogP) is 3.40. The number of fused-ring (bicyclic) bond motifs is 1. The molecule has 2 aromatic rings. The van der Waals surface area contributed by atoms with Crippen LogP contribution in [0.5, 0.6) is 17.2 Å². The summed E-state index contributed by atoms with van der Waals surface area (Å²) >= 11 is 0. The molecule has 0 aromatic heterocycles. The summed E-state index contributed by atoms with van der Waals surface area (Å²) in [6.07, 6.45) is 3.28. The number of benzene rings is 2. The number of carbonyl (C=O) groups excluding carboxylic acids is 1. The van der Waals surface area contributed by atoms with Gasteiger partial charge in [-0.3, -0.25) is 14.5 Å². The van der Waals surface area contributed by atoms with Gasteiger partial charge in [-0.05, 0) is 43.4 Å². The van der Waals surface area contributed by atoms with Gasteiger partial charge in [0, 0.05) is 37.2 Å². The summed E-state index contributed by atoms with van der Waals surface area (Å²) in [6, 6.07) is 11.5. The summed E-state index contributed by atoms with van der Waals surface area (Å²) in [5.74, 6) is 1.17.